The molecule has 184 valence electrons. The second-order valence-corrected chi connectivity index (χ2v) is 9.41. The average Bonchev–Trinajstić information content (AvgIpc) is 2.93. The van der Waals surface area contributed by atoms with Crippen LogP contribution < -0.4 is 14.4 Å². The van der Waals surface area contributed by atoms with Gasteiger partial charge in [-0.1, -0.05) is 42.5 Å². The number of morpholine rings is 1. The van der Waals surface area contributed by atoms with Crippen molar-refractivity contribution in [1.82, 2.24) is 0 Å². The molecule has 6 heteroatoms. The number of benzene rings is 4. The summed E-state index contributed by atoms with van der Waals surface area (Å²) in [5, 5.41) is 2.40. The van der Waals surface area contributed by atoms with Crippen LogP contribution in [0.25, 0.3) is 10.8 Å². The number of nitrogens with zero attached hydrogens (tertiary/aromatic N) is 2. The highest BCUT2D eigenvalue weighted by Gasteiger charge is 2.12. The fraction of sp³-hybridized carbons (Fsp3) is 0.233. The van der Waals surface area contributed by atoms with E-state index >= 15 is 0 Å². The third kappa shape index (κ3) is 5.72. The number of aliphatic imine (C=N–C) groups is 1. The van der Waals surface area contributed by atoms with Gasteiger partial charge in [-0.3, -0.25) is 4.99 Å². The number of hydrogen-bond donors (Lipinski definition) is 0. The summed E-state index contributed by atoms with van der Waals surface area (Å²) in [6.07, 6.45) is 1.85. The molecule has 1 aliphatic rings. The predicted molar refractivity (Wildman–Crippen MR) is 150 cm³/mol. The molecule has 5 nitrogen and oxygen atoms in total. The van der Waals surface area contributed by atoms with E-state index in [9.17, 15) is 0 Å². The third-order valence-electron chi connectivity index (χ3n) is 6.20. The molecule has 0 saturated carbocycles. The van der Waals surface area contributed by atoms with Crippen LogP contribution >= 0.6 is 15.9 Å². The Morgan fingerprint density at radius 2 is 1.67 bits per heavy atom. The first kappa shape index (κ1) is 24.3. The molecule has 1 heterocycles. The van der Waals surface area contributed by atoms with Gasteiger partial charge in [0.2, 0.25) is 0 Å². The quantitative estimate of drug-likeness (QED) is 0.220. The molecule has 1 fully saturated rings. The predicted octanol–water partition coefficient (Wildman–Crippen LogP) is 7.17. The van der Waals surface area contributed by atoms with E-state index in [1.54, 1.807) is 0 Å². The van der Waals surface area contributed by atoms with Crippen molar-refractivity contribution in [3.8, 4) is 11.5 Å². The van der Waals surface area contributed by atoms with Gasteiger partial charge in [0.25, 0.3) is 0 Å². The van der Waals surface area contributed by atoms with Crippen LogP contribution in [-0.2, 0) is 11.3 Å². The van der Waals surface area contributed by atoms with Crippen LogP contribution in [0.5, 0.6) is 11.5 Å². The number of ether oxygens (including phenoxy) is 3. The van der Waals surface area contributed by atoms with Crippen molar-refractivity contribution in [2.45, 2.75) is 13.5 Å². The van der Waals surface area contributed by atoms with Crippen molar-refractivity contribution in [2.75, 3.05) is 37.8 Å². The Kier molecular flexibility index (Phi) is 7.84. The molecule has 0 unspecified atom stereocenters. The van der Waals surface area contributed by atoms with E-state index in [2.05, 4.69) is 80.4 Å². The lowest BCUT2D eigenvalue weighted by molar-refractivity contribution is 0.122. The molecule has 0 amide bonds. The minimum Gasteiger partial charge on any atom is -0.490 e. The Balaban J connectivity index is 1.32. The summed E-state index contributed by atoms with van der Waals surface area (Å²) in [7, 11) is 0. The Morgan fingerprint density at radius 1 is 0.917 bits per heavy atom. The molecule has 1 saturated heterocycles. The van der Waals surface area contributed by atoms with E-state index in [4.69, 9.17) is 14.2 Å². The molecule has 5 rings (SSSR count). The standard InChI is InChI=1S/C30H29BrN2O3/c1-2-35-29-18-24(20-32-25-10-12-26(13-11-25)33-14-16-34-17-15-33)28(31)19-30(29)36-21-23-8-5-7-22-6-3-4-9-27(22)23/h3-13,18-20H,2,14-17,21H2,1H3. The van der Waals surface area contributed by atoms with Gasteiger partial charge < -0.3 is 19.1 Å². The Labute approximate surface area is 220 Å². The molecule has 4 aromatic carbocycles. The minimum atomic E-state index is 0.455. The molecular formula is C30H29BrN2O3. The SMILES string of the molecule is CCOc1cc(C=Nc2ccc(N3CCOCC3)cc2)c(Br)cc1OCc1cccc2ccccc12. The minimum absolute atomic E-state index is 0.455. The molecule has 0 N–H and O–H groups in total. The highest BCUT2D eigenvalue weighted by molar-refractivity contribution is 9.10. The van der Waals surface area contributed by atoms with Gasteiger partial charge >= 0.3 is 0 Å². The van der Waals surface area contributed by atoms with Crippen molar-refractivity contribution >= 4 is 44.3 Å². The average molecular weight is 545 g/mol. The van der Waals surface area contributed by atoms with Crippen LogP contribution in [0.3, 0.4) is 0 Å². The van der Waals surface area contributed by atoms with Gasteiger partial charge in [-0.2, -0.15) is 0 Å². The topological polar surface area (TPSA) is 43.3 Å². The maximum atomic E-state index is 6.24. The first-order valence-corrected chi connectivity index (χ1v) is 13.0. The summed E-state index contributed by atoms with van der Waals surface area (Å²) in [4.78, 5) is 7.02. The summed E-state index contributed by atoms with van der Waals surface area (Å²) in [6.45, 7) is 6.37. The number of anilines is 1. The highest BCUT2D eigenvalue weighted by Crippen LogP contribution is 2.34. The molecule has 0 aromatic heterocycles. The molecular weight excluding hydrogens is 516 g/mol. The van der Waals surface area contributed by atoms with Crippen molar-refractivity contribution in [3.63, 3.8) is 0 Å². The lowest BCUT2D eigenvalue weighted by Gasteiger charge is -2.28. The molecule has 0 bridgehead atoms. The van der Waals surface area contributed by atoms with Gasteiger partial charge in [0, 0.05) is 35.0 Å². The monoisotopic (exact) mass is 544 g/mol. The molecule has 1 aliphatic heterocycles. The van der Waals surface area contributed by atoms with E-state index in [0.717, 1.165) is 47.6 Å². The third-order valence-corrected chi connectivity index (χ3v) is 6.89. The van der Waals surface area contributed by atoms with E-state index in [1.807, 2.05) is 37.4 Å². The zero-order chi connectivity index (χ0) is 24.7. The molecule has 0 spiro atoms. The summed E-state index contributed by atoms with van der Waals surface area (Å²) in [5.74, 6) is 1.40. The summed E-state index contributed by atoms with van der Waals surface area (Å²) < 4.78 is 18.5. The Bertz CT molecular complexity index is 1340. The van der Waals surface area contributed by atoms with Gasteiger partial charge in [0.1, 0.15) is 6.61 Å². The van der Waals surface area contributed by atoms with Crippen molar-refractivity contribution < 1.29 is 14.2 Å². The first-order chi connectivity index (χ1) is 17.7. The fourth-order valence-corrected chi connectivity index (χ4v) is 4.74. The zero-order valence-electron chi connectivity index (χ0n) is 20.3. The number of fused-ring (bicyclic) bond motifs is 1. The summed E-state index contributed by atoms with van der Waals surface area (Å²) in [5.41, 5.74) is 4.16. The Morgan fingerprint density at radius 3 is 2.47 bits per heavy atom. The smallest absolute Gasteiger partial charge is 0.162 e. The van der Waals surface area contributed by atoms with E-state index in [1.165, 1.54) is 16.5 Å². The largest absolute Gasteiger partial charge is 0.490 e. The number of halogens is 1. The molecule has 4 aromatic rings. The van der Waals surface area contributed by atoms with Crippen LogP contribution in [0.4, 0.5) is 11.4 Å². The number of hydrogen-bond acceptors (Lipinski definition) is 5. The van der Waals surface area contributed by atoms with Crippen molar-refractivity contribution in [1.29, 1.82) is 0 Å². The van der Waals surface area contributed by atoms with Crippen LogP contribution in [0, 0.1) is 0 Å². The molecule has 0 aliphatic carbocycles. The Hall–Kier alpha value is -3.35. The summed E-state index contributed by atoms with van der Waals surface area (Å²) in [6, 6.07) is 26.9. The second kappa shape index (κ2) is 11.6. The molecule has 0 atom stereocenters. The van der Waals surface area contributed by atoms with Gasteiger partial charge in [0.15, 0.2) is 11.5 Å². The molecule has 0 radical (unpaired) electrons. The van der Waals surface area contributed by atoms with Gasteiger partial charge in [-0.25, -0.2) is 0 Å². The first-order valence-electron chi connectivity index (χ1n) is 12.2. The van der Waals surface area contributed by atoms with Crippen molar-refractivity contribution in [2.24, 2.45) is 4.99 Å². The fourth-order valence-electron chi connectivity index (χ4n) is 4.32. The summed E-state index contributed by atoms with van der Waals surface area (Å²) >= 11 is 3.69. The number of rotatable bonds is 8. The van der Waals surface area contributed by atoms with Crippen LogP contribution in [0.2, 0.25) is 0 Å². The van der Waals surface area contributed by atoms with Gasteiger partial charge in [-0.15, -0.1) is 0 Å². The van der Waals surface area contributed by atoms with Crippen molar-refractivity contribution in [3.05, 3.63) is 94.5 Å². The lowest BCUT2D eigenvalue weighted by Crippen LogP contribution is -2.36. The van der Waals surface area contributed by atoms with E-state index in [-0.39, 0.29) is 0 Å². The van der Waals surface area contributed by atoms with Gasteiger partial charge in [-0.05, 0) is 75.6 Å². The molecule has 36 heavy (non-hydrogen) atoms. The maximum absolute atomic E-state index is 6.24. The van der Waals surface area contributed by atoms with Crippen LogP contribution in [-0.4, -0.2) is 39.1 Å². The van der Waals surface area contributed by atoms with Crippen LogP contribution in [0.15, 0.2) is 88.3 Å². The normalized spacial score (nSPS) is 13.9. The second-order valence-electron chi connectivity index (χ2n) is 8.55. The van der Waals surface area contributed by atoms with E-state index < -0.39 is 0 Å². The highest BCUT2D eigenvalue weighted by atomic mass is 79.9. The van der Waals surface area contributed by atoms with Gasteiger partial charge in [0.05, 0.1) is 25.5 Å². The zero-order valence-corrected chi connectivity index (χ0v) is 21.9. The lowest BCUT2D eigenvalue weighted by atomic mass is 10.1. The van der Waals surface area contributed by atoms with Crippen LogP contribution in [0.1, 0.15) is 18.1 Å². The maximum Gasteiger partial charge on any atom is 0.162 e. The van der Waals surface area contributed by atoms with E-state index in [0.29, 0.717) is 24.7 Å².